The Kier molecular flexibility index (Phi) is 5.54. The summed E-state index contributed by atoms with van der Waals surface area (Å²) in [6.07, 6.45) is 6.69. The number of allylic oxidation sites excluding steroid dienone is 3. The number of nitrogens with zero attached hydrogens (tertiary/aromatic N) is 1. The molecule has 4 heteroatoms. The van der Waals surface area contributed by atoms with Crippen LogP contribution in [0.1, 0.15) is 17.3 Å². The van der Waals surface area contributed by atoms with E-state index in [1.165, 1.54) is 11.0 Å². The first-order valence-corrected chi connectivity index (χ1v) is 5.96. The molecule has 0 saturated heterocycles. The number of benzene rings is 1. The van der Waals surface area contributed by atoms with E-state index in [4.69, 9.17) is 0 Å². The molecule has 0 aliphatic carbocycles. The van der Waals surface area contributed by atoms with Gasteiger partial charge in [0.15, 0.2) is 0 Å². The van der Waals surface area contributed by atoms with Crippen molar-refractivity contribution >= 4 is 17.5 Å². The lowest BCUT2D eigenvalue weighted by Gasteiger charge is -2.11. The van der Waals surface area contributed by atoms with Gasteiger partial charge < -0.3 is 10.2 Å². The van der Waals surface area contributed by atoms with Crippen LogP contribution in [0.2, 0.25) is 0 Å². The third-order valence-corrected chi connectivity index (χ3v) is 2.33. The SMILES string of the molecule is C/C=C/C=C/C(=O)Nc1cccc(C(=O)N(C)C)c1. The Morgan fingerprint density at radius 1 is 1.21 bits per heavy atom. The summed E-state index contributed by atoms with van der Waals surface area (Å²) in [6.45, 7) is 1.87. The number of nitrogens with one attached hydrogen (secondary N) is 1. The molecule has 2 amide bonds. The number of rotatable bonds is 4. The van der Waals surface area contributed by atoms with Crippen molar-refractivity contribution < 1.29 is 9.59 Å². The van der Waals surface area contributed by atoms with Gasteiger partial charge in [-0.1, -0.05) is 24.3 Å². The maximum absolute atomic E-state index is 11.8. The molecule has 100 valence electrons. The molecule has 0 saturated carbocycles. The van der Waals surface area contributed by atoms with Crippen LogP contribution in [0.4, 0.5) is 5.69 Å². The van der Waals surface area contributed by atoms with Crippen LogP contribution in [-0.4, -0.2) is 30.8 Å². The lowest BCUT2D eigenvalue weighted by atomic mass is 10.2. The first kappa shape index (κ1) is 14.7. The van der Waals surface area contributed by atoms with Crippen molar-refractivity contribution in [2.24, 2.45) is 0 Å². The van der Waals surface area contributed by atoms with Crippen molar-refractivity contribution in [2.75, 3.05) is 19.4 Å². The smallest absolute Gasteiger partial charge is 0.253 e. The second-order valence-corrected chi connectivity index (χ2v) is 4.15. The molecule has 1 aromatic rings. The van der Waals surface area contributed by atoms with Gasteiger partial charge in [-0.3, -0.25) is 9.59 Å². The molecule has 0 aliphatic heterocycles. The molecule has 0 heterocycles. The van der Waals surface area contributed by atoms with E-state index in [0.717, 1.165) is 0 Å². The first-order chi connectivity index (χ1) is 9.04. The van der Waals surface area contributed by atoms with E-state index < -0.39 is 0 Å². The zero-order chi connectivity index (χ0) is 14.3. The molecule has 1 rings (SSSR count). The summed E-state index contributed by atoms with van der Waals surface area (Å²) in [5.41, 5.74) is 1.14. The number of carbonyl (C=O) groups is 2. The topological polar surface area (TPSA) is 49.4 Å². The summed E-state index contributed by atoms with van der Waals surface area (Å²) >= 11 is 0. The largest absolute Gasteiger partial charge is 0.345 e. The normalized spacial score (nSPS) is 10.9. The van der Waals surface area contributed by atoms with Crippen LogP contribution in [0, 0.1) is 0 Å². The van der Waals surface area contributed by atoms with Crippen molar-refractivity contribution in [3.8, 4) is 0 Å². The van der Waals surface area contributed by atoms with Crippen LogP contribution in [0.25, 0.3) is 0 Å². The molecule has 0 radical (unpaired) electrons. The standard InChI is InChI=1S/C15H18N2O2/c1-4-5-6-10-14(18)16-13-9-7-8-12(11-13)15(19)17(2)3/h4-11H,1-3H3,(H,16,18)/b5-4+,10-6+. The van der Waals surface area contributed by atoms with Crippen LogP contribution < -0.4 is 5.32 Å². The number of amides is 2. The maximum Gasteiger partial charge on any atom is 0.253 e. The fourth-order valence-electron chi connectivity index (χ4n) is 1.43. The summed E-state index contributed by atoms with van der Waals surface area (Å²) in [7, 11) is 3.38. The third kappa shape index (κ3) is 4.79. The Balaban J connectivity index is 2.77. The minimum Gasteiger partial charge on any atom is -0.345 e. The fraction of sp³-hybridized carbons (Fsp3) is 0.200. The molecular weight excluding hydrogens is 240 g/mol. The second kappa shape index (κ2) is 7.16. The van der Waals surface area contributed by atoms with Crippen LogP contribution in [0.5, 0.6) is 0 Å². The quantitative estimate of drug-likeness (QED) is 0.666. The van der Waals surface area contributed by atoms with E-state index in [2.05, 4.69) is 5.32 Å². The molecule has 19 heavy (non-hydrogen) atoms. The minimum atomic E-state index is -0.229. The van der Waals surface area contributed by atoms with E-state index in [9.17, 15) is 9.59 Å². The van der Waals surface area contributed by atoms with Gasteiger partial charge in [0.1, 0.15) is 0 Å². The Morgan fingerprint density at radius 3 is 2.58 bits per heavy atom. The van der Waals surface area contributed by atoms with Gasteiger partial charge in [-0.05, 0) is 25.1 Å². The predicted octanol–water partition coefficient (Wildman–Crippen LogP) is 2.46. The molecule has 0 aliphatic rings. The number of hydrogen-bond donors (Lipinski definition) is 1. The summed E-state index contributed by atoms with van der Waals surface area (Å²) in [4.78, 5) is 24.9. The third-order valence-electron chi connectivity index (χ3n) is 2.33. The van der Waals surface area contributed by atoms with E-state index >= 15 is 0 Å². The summed E-state index contributed by atoms with van der Waals surface area (Å²) in [5, 5.41) is 2.70. The van der Waals surface area contributed by atoms with Gasteiger partial charge in [-0.25, -0.2) is 0 Å². The molecule has 0 aromatic heterocycles. The van der Waals surface area contributed by atoms with E-state index in [1.807, 2.05) is 13.0 Å². The van der Waals surface area contributed by atoms with Gasteiger partial charge in [0.2, 0.25) is 5.91 Å². The van der Waals surface area contributed by atoms with Gasteiger partial charge in [-0.15, -0.1) is 0 Å². The summed E-state index contributed by atoms with van der Waals surface area (Å²) < 4.78 is 0. The highest BCUT2D eigenvalue weighted by atomic mass is 16.2. The van der Waals surface area contributed by atoms with E-state index in [1.54, 1.807) is 50.5 Å². The zero-order valence-corrected chi connectivity index (χ0v) is 11.4. The van der Waals surface area contributed by atoms with Gasteiger partial charge in [-0.2, -0.15) is 0 Å². The number of carbonyl (C=O) groups excluding carboxylic acids is 2. The van der Waals surface area contributed by atoms with Crippen molar-refractivity contribution in [3.63, 3.8) is 0 Å². The molecule has 0 unspecified atom stereocenters. The molecule has 0 bridgehead atoms. The Morgan fingerprint density at radius 2 is 1.95 bits per heavy atom. The molecular formula is C15H18N2O2. The van der Waals surface area contributed by atoms with Crippen LogP contribution in [0.15, 0.2) is 48.6 Å². The molecule has 1 aromatic carbocycles. The lowest BCUT2D eigenvalue weighted by molar-refractivity contribution is -0.111. The predicted molar refractivity (Wildman–Crippen MR) is 77.0 cm³/mol. The molecule has 0 atom stereocenters. The van der Waals surface area contributed by atoms with Gasteiger partial charge in [0, 0.05) is 31.4 Å². The maximum atomic E-state index is 11.8. The Labute approximate surface area is 113 Å². The monoisotopic (exact) mass is 258 g/mol. The second-order valence-electron chi connectivity index (χ2n) is 4.15. The highest BCUT2D eigenvalue weighted by molar-refractivity contribution is 6.01. The zero-order valence-electron chi connectivity index (χ0n) is 11.4. The van der Waals surface area contributed by atoms with Gasteiger partial charge >= 0.3 is 0 Å². The van der Waals surface area contributed by atoms with E-state index in [0.29, 0.717) is 11.3 Å². The van der Waals surface area contributed by atoms with Crippen LogP contribution in [-0.2, 0) is 4.79 Å². The van der Waals surface area contributed by atoms with Crippen molar-refractivity contribution in [2.45, 2.75) is 6.92 Å². The van der Waals surface area contributed by atoms with Gasteiger partial charge in [0.05, 0.1) is 0 Å². The minimum absolute atomic E-state index is 0.0967. The highest BCUT2D eigenvalue weighted by Gasteiger charge is 2.08. The molecule has 1 N–H and O–H groups in total. The lowest BCUT2D eigenvalue weighted by Crippen LogP contribution is -2.21. The van der Waals surface area contributed by atoms with Crippen molar-refractivity contribution in [1.82, 2.24) is 4.90 Å². The van der Waals surface area contributed by atoms with Crippen molar-refractivity contribution in [3.05, 3.63) is 54.1 Å². The summed E-state index contributed by atoms with van der Waals surface area (Å²) in [6, 6.07) is 6.85. The molecule has 4 nitrogen and oxygen atoms in total. The first-order valence-electron chi connectivity index (χ1n) is 5.96. The summed E-state index contributed by atoms with van der Waals surface area (Å²) in [5.74, 6) is -0.326. The number of hydrogen-bond acceptors (Lipinski definition) is 2. The van der Waals surface area contributed by atoms with Crippen molar-refractivity contribution in [1.29, 1.82) is 0 Å². The fourth-order valence-corrected chi connectivity index (χ4v) is 1.43. The Bertz CT molecular complexity index is 517. The average molecular weight is 258 g/mol. The van der Waals surface area contributed by atoms with E-state index in [-0.39, 0.29) is 11.8 Å². The molecule has 0 fully saturated rings. The molecule has 0 spiro atoms. The van der Waals surface area contributed by atoms with Crippen LogP contribution in [0.3, 0.4) is 0 Å². The number of anilines is 1. The average Bonchev–Trinajstić information content (AvgIpc) is 2.38. The van der Waals surface area contributed by atoms with Gasteiger partial charge in [0.25, 0.3) is 5.91 Å². The highest BCUT2D eigenvalue weighted by Crippen LogP contribution is 2.12. The van der Waals surface area contributed by atoms with Crippen LogP contribution >= 0.6 is 0 Å². The Hall–Kier alpha value is -2.36.